The summed E-state index contributed by atoms with van der Waals surface area (Å²) in [6.45, 7) is 0. The first kappa shape index (κ1) is 9.52. The number of nitrogens with zero attached hydrogens (tertiary/aromatic N) is 1. The standard InChI is InChI=1S/C12H12N2O/c1-14-10(7-8-11(14)12(13)15)9-5-3-2-4-6-9/h2-8H,1H3,(H2,13,15). The fourth-order valence-electron chi connectivity index (χ4n) is 1.66. The van der Waals surface area contributed by atoms with Crippen LogP contribution in [0, 0.1) is 0 Å². The minimum Gasteiger partial charge on any atom is -0.364 e. The van der Waals surface area contributed by atoms with E-state index in [1.165, 1.54) is 0 Å². The molecular formula is C12H12N2O. The van der Waals surface area contributed by atoms with Gasteiger partial charge in [-0.15, -0.1) is 0 Å². The number of aromatic nitrogens is 1. The SMILES string of the molecule is Cn1c(C(N)=O)ccc1-c1ccccc1. The Bertz CT molecular complexity index is 486. The highest BCUT2D eigenvalue weighted by molar-refractivity contribution is 5.92. The fraction of sp³-hybridized carbons (Fsp3) is 0.0833. The molecule has 3 nitrogen and oxygen atoms in total. The molecule has 0 saturated heterocycles. The zero-order valence-electron chi connectivity index (χ0n) is 8.47. The number of hydrogen-bond acceptors (Lipinski definition) is 1. The number of carbonyl (C=O) groups is 1. The van der Waals surface area contributed by atoms with Crippen molar-refractivity contribution in [1.29, 1.82) is 0 Å². The number of primary amides is 1. The third-order valence-corrected chi connectivity index (χ3v) is 2.44. The van der Waals surface area contributed by atoms with Crippen LogP contribution in [0.5, 0.6) is 0 Å². The molecule has 2 aromatic rings. The molecule has 1 amide bonds. The molecule has 0 aliphatic heterocycles. The van der Waals surface area contributed by atoms with Crippen molar-refractivity contribution in [2.45, 2.75) is 0 Å². The summed E-state index contributed by atoms with van der Waals surface area (Å²) in [5.41, 5.74) is 7.83. The van der Waals surface area contributed by atoms with E-state index in [4.69, 9.17) is 5.73 Å². The van der Waals surface area contributed by atoms with E-state index in [1.807, 2.05) is 43.4 Å². The van der Waals surface area contributed by atoms with Crippen molar-refractivity contribution in [2.24, 2.45) is 12.8 Å². The minimum absolute atomic E-state index is 0.403. The summed E-state index contributed by atoms with van der Waals surface area (Å²) < 4.78 is 1.80. The van der Waals surface area contributed by atoms with E-state index in [0.29, 0.717) is 5.69 Å². The molecule has 0 atom stereocenters. The summed E-state index contributed by atoms with van der Waals surface area (Å²) in [5.74, 6) is -0.403. The number of benzene rings is 1. The van der Waals surface area contributed by atoms with E-state index in [0.717, 1.165) is 11.3 Å². The van der Waals surface area contributed by atoms with E-state index in [1.54, 1.807) is 10.6 Å². The molecule has 0 radical (unpaired) electrons. The molecule has 0 fully saturated rings. The predicted molar refractivity (Wildman–Crippen MR) is 59.4 cm³/mol. The Hall–Kier alpha value is -2.03. The second-order valence-electron chi connectivity index (χ2n) is 3.39. The topological polar surface area (TPSA) is 48.0 Å². The van der Waals surface area contributed by atoms with Crippen LogP contribution in [-0.4, -0.2) is 10.5 Å². The maximum absolute atomic E-state index is 11.1. The zero-order valence-corrected chi connectivity index (χ0v) is 8.47. The molecule has 2 N–H and O–H groups in total. The van der Waals surface area contributed by atoms with Gasteiger partial charge in [-0.3, -0.25) is 4.79 Å². The van der Waals surface area contributed by atoms with Gasteiger partial charge in [-0.2, -0.15) is 0 Å². The van der Waals surface area contributed by atoms with Gasteiger partial charge in [-0.25, -0.2) is 0 Å². The van der Waals surface area contributed by atoms with E-state index < -0.39 is 5.91 Å². The number of amides is 1. The molecule has 0 unspecified atom stereocenters. The van der Waals surface area contributed by atoms with Crippen LogP contribution < -0.4 is 5.73 Å². The Kier molecular flexibility index (Phi) is 2.29. The Morgan fingerprint density at radius 1 is 1.13 bits per heavy atom. The molecule has 15 heavy (non-hydrogen) atoms. The highest BCUT2D eigenvalue weighted by atomic mass is 16.1. The monoisotopic (exact) mass is 200 g/mol. The molecule has 3 heteroatoms. The molecule has 1 aromatic heterocycles. The van der Waals surface area contributed by atoms with Crippen LogP contribution >= 0.6 is 0 Å². The molecule has 0 aliphatic rings. The van der Waals surface area contributed by atoms with Crippen molar-refractivity contribution in [3.63, 3.8) is 0 Å². The van der Waals surface area contributed by atoms with Gasteiger partial charge in [0.2, 0.25) is 0 Å². The molecule has 0 bridgehead atoms. The van der Waals surface area contributed by atoms with Crippen LogP contribution in [0.4, 0.5) is 0 Å². The summed E-state index contributed by atoms with van der Waals surface area (Å²) in [5, 5.41) is 0. The van der Waals surface area contributed by atoms with E-state index in [2.05, 4.69) is 0 Å². The average Bonchev–Trinajstić information content (AvgIpc) is 2.61. The van der Waals surface area contributed by atoms with E-state index in [9.17, 15) is 4.79 Å². The number of carbonyl (C=O) groups excluding carboxylic acids is 1. The summed E-state index contributed by atoms with van der Waals surface area (Å²) in [7, 11) is 1.84. The quantitative estimate of drug-likeness (QED) is 0.789. The van der Waals surface area contributed by atoms with Crippen LogP contribution in [-0.2, 0) is 7.05 Å². The molecule has 1 heterocycles. The van der Waals surface area contributed by atoms with Gasteiger partial charge in [-0.1, -0.05) is 30.3 Å². The van der Waals surface area contributed by atoms with Gasteiger partial charge in [0.15, 0.2) is 0 Å². The van der Waals surface area contributed by atoms with Crippen molar-refractivity contribution >= 4 is 5.91 Å². The fourth-order valence-corrected chi connectivity index (χ4v) is 1.66. The lowest BCUT2D eigenvalue weighted by Crippen LogP contribution is -2.15. The number of rotatable bonds is 2. The molecule has 2 rings (SSSR count). The predicted octanol–water partition coefficient (Wildman–Crippen LogP) is 1.79. The van der Waals surface area contributed by atoms with E-state index >= 15 is 0 Å². The number of hydrogen-bond donors (Lipinski definition) is 1. The summed E-state index contributed by atoms with van der Waals surface area (Å²) >= 11 is 0. The van der Waals surface area contributed by atoms with Gasteiger partial charge >= 0.3 is 0 Å². The maximum atomic E-state index is 11.1. The lowest BCUT2D eigenvalue weighted by atomic mass is 10.2. The molecule has 1 aromatic carbocycles. The van der Waals surface area contributed by atoms with Crippen LogP contribution in [0.3, 0.4) is 0 Å². The van der Waals surface area contributed by atoms with Crippen molar-refractivity contribution in [1.82, 2.24) is 4.57 Å². The average molecular weight is 200 g/mol. The molecule has 0 saturated carbocycles. The molecule has 0 spiro atoms. The lowest BCUT2D eigenvalue weighted by molar-refractivity contribution is 0.0993. The first-order chi connectivity index (χ1) is 7.20. The van der Waals surface area contributed by atoms with Crippen LogP contribution in [0.2, 0.25) is 0 Å². The Morgan fingerprint density at radius 2 is 1.80 bits per heavy atom. The first-order valence-corrected chi connectivity index (χ1v) is 4.71. The number of nitrogens with two attached hydrogens (primary N) is 1. The Balaban J connectivity index is 2.52. The van der Waals surface area contributed by atoms with Crippen LogP contribution in [0.15, 0.2) is 42.5 Å². The smallest absolute Gasteiger partial charge is 0.265 e. The van der Waals surface area contributed by atoms with Gasteiger partial charge in [0.05, 0.1) is 0 Å². The van der Waals surface area contributed by atoms with Gasteiger partial charge < -0.3 is 10.3 Å². The first-order valence-electron chi connectivity index (χ1n) is 4.71. The van der Waals surface area contributed by atoms with Crippen LogP contribution in [0.1, 0.15) is 10.5 Å². The van der Waals surface area contributed by atoms with Crippen molar-refractivity contribution < 1.29 is 4.79 Å². The maximum Gasteiger partial charge on any atom is 0.265 e. The van der Waals surface area contributed by atoms with E-state index in [-0.39, 0.29) is 0 Å². The Labute approximate surface area is 88.1 Å². The minimum atomic E-state index is -0.403. The molecular weight excluding hydrogens is 188 g/mol. The van der Waals surface area contributed by atoms with Gasteiger partial charge in [0.25, 0.3) is 5.91 Å². The van der Waals surface area contributed by atoms with Crippen molar-refractivity contribution in [3.05, 3.63) is 48.2 Å². The summed E-state index contributed by atoms with van der Waals surface area (Å²) in [6, 6.07) is 13.5. The highest BCUT2D eigenvalue weighted by Gasteiger charge is 2.09. The summed E-state index contributed by atoms with van der Waals surface area (Å²) in [4.78, 5) is 11.1. The second-order valence-corrected chi connectivity index (χ2v) is 3.39. The largest absolute Gasteiger partial charge is 0.364 e. The third kappa shape index (κ3) is 1.64. The van der Waals surface area contributed by atoms with Gasteiger partial charge in [0, 0.05) is 12.7 Å². The normalized spacial score (nSPS) is 10.2. The Morgan fingerprint density at radius 3 is 2.33 bits per heavy atom. The van der Waals surface area contributed by atoms with Crippen LogP contribution in [0.25, 0.3) is 11.3 Å². The lowest BCUT2D eigenvalue weighted by Gasteiger charge is -2.05. The van der Waals surface area contributed by atoms with Crippen molar-refractivity contribution in [3.8, 4) is 11.3 Å². The highest BCUT2D eigenvalue weighted by Crippen LogP contribution is 2.20. The third-order valence-electron chi connectivity index (χ3n) is 2.44. The second kappa shape index (κ2) is 3.61. The molecule has 76 valence electrons. The zero-order chi connectivity index (χ0) is 10.8. The van der Waals surface area contributed by atoms with Gasteiger partial charge in [0.1, 0.15) is 5.69 Å². The van der Waals surface area contributed by atoms with Crippen molar-refractivity contribution in [2.75, 3.05) is 0 Å². The summed E-state index contributed by atoms with van der Waals surface area (Å²) in [6.07, 6.45) is 0. The van der Waals surface area contributed by atoms with Gasteiger partial charge in [-0.05, 0) is 17.7 Å². The molecule has 0 aliphatic carbocycles.